The largest absolute Gasteiger partial charge is 0.379 e. The lowest BCUT2D eigenvalue weighted by Crippen LogP contribution is -2.37. The number of nitrogens with two attached hydrogens (primary N) is 1. The first kappa shape index (κ1) is 17.1. The Labute approximate surface area is 154 Å². The molecule has 0 radical (unpaired) electrons. The number of rotatable bonds is 3. The number of thioether (sulfide) groups is 1. The van der Waals surface area contributed by atoms with Gasteiger partial charge in [0.25, 0.3) is 5.91 Å². The summed E-state index contributed by atoms with van der Waals surface area (Å²) in [5.41, 5.74) is 7.18. The predicted octanol–water partition coefficient (Wildman–Crippen LogP) is 3.43. The van der Waals surface area contributed by atoms with Crippen LogP contribution >= 0.6 is 11.8 Å². The Morgan fingerprint density at radius 1 is 1.50 bits per heavy atom. The summed E-state index contributed by atoms with van der Waals surface area (Å²) >= 11 is 1.53. The molecular formula is C18H19FN4O2S. The molecular weight excluding hydrogens is 355 g/mol. The summed E-state index contributed by atoms with van der Waals surface area (Å²) in [4.78, 5) is 17.0. The zero-order chi connectivity index (χ0) is 18.3. The molecule has 1 fully saturated rings. The van der Waals surface area contributed by atoms with E-state index in [-0.39, 0.29) is 17.4 Å². The molecule has 2 heterocycles. The zero-order valence-electron chi connectivity index (χ0n) is 14.3. The lowest BCUT2D eigenvalue weighted by atomic mass is 9.81. The molecule has 1 aromatic carbocycles. The van der Waals surface area contributed by atoms with E-state index >= 15 is 0 Å². The van der Waals surface area contributed by atoms with Crippen molar-refractivity contribution in [3.63, 3.8) is 0 Å². The van der Waals surface area contributed by atoms with Gasteiger partial charge in [0.05, 0.1) is 5.54 Å². The molecule has 3 N–H and O–H groups in total. The Morgan fingerprint density at radius 3 is 3.12 bits per heavy atom. The fourth-order valence-electron chi connectivity index (χ4n) is 3.89. The third-order valence-electron chi connectivity index (χ3n) is 5.18. The van der Waals surface area contributed by atoms with E-state index in [4.69, 9.17) is 10.3 Å². The highest BCUT2D eigenvalue weighted by atomic mass is 32.2. The second kappa shape index (κ2) is 6.42. The van der Waals surface area contributed by atoms with E-state index in [2.05, 4.69) is 15.5 Å². The Balaban J connectivity index is 1.70. The van der Waals surface area contributed by atoms with Gasteiger partial charge in [-0.2, -0.15) is 0 Å². The first-order valence-corrected chi connectivity index (χ1v) is 9.48. The van der Waals surface area contributed by atoms with Gasteiger partial charge in [-0.15, -0.1) is 0 Å². The van der Waals surface area contributed by atoms with Gasteiger partial charge in [-0.25, -0.2) is 4.39 Å². The maximum absolute atomic E-state index is 14.7. The molecule has 136 valence electrons. The van der Waals surface area contributed by atoms with Crippen LogP contribution in [-0.4, -0.2) is 22.0 Å². The number of carbonyl (C=O) groups excluding carboxylic acids is 1. The number of hydrogen-bond acceptors (Lipinski definition) is 6. The molecule has 1 aliphatic heterocycles. The van der Waals surface area contributed by atoms with Gasteiger partial charge in [0.1, 0.15) is 12.1 Å². The second-order valence-electron chi connectivity index (χ2n) is 6.77. The van der Waals surface area contributed by atoms with Gasteiger partial charge in [-0.3, -0.25) is 9.79 Å². The van der Waals surface area contributed by atoms with Crippen LogP contribution in [0.4, 0.5) is 10.1 Å². The molecule has 0 bridgehead atoms. The number of anilines is 1. The highest BCUT2D eigenvalue weighted by Gasteiger charge is 2.48. The maximum Gasteiger partial charge on any atom is 0.278 e. The number of fused-ring (bicyclic) bond motifs is 1. The van der Waals surface area contributed by atoms with Crippen LogP contribution in [0.5, 0.6) is 0 Å². The van der Waals surface area contributed by atoms with Gasteiger partial charge in [0.15, 0.2) is 10.9 Å². The summed E-state index contributed by atoms with van der Waals surface area (Å²) in [6.45, 7) is 1.74. The Hall–Kier alpha value is -2.35. The van der Waals surface area contributed by atoms with Crippen molar-refractivity contribution in [3.8, 4) is 0 Å². The number of benzene rings is 1. The molecule has 2 aromatic rings. The van der Waals surface area contributed by atoms with Crippen molar-refractivity contribution in [1.29, 1.82) is 0 Å². The summed E-state index contributed by atoms with van der Waals surface area (Å²) in [5.74, 6) is 0.370. The summed E-state index contributed by atoms with van der Waals surface area (Å²) in [7, 11) is 0. The van der Waals surface area contributed by atoms with E-state index < -0.39 is 11.4 Å². The molecule has 2 aliphatic rings. The summed E-state index contributed by atoms with van der Waals surface area (Å²) in [6.07, 6.45) is 4.15. The Morgan fingerprint density at radius 2 is 2.35 bits per heavy atom. The summed E-state index contributed by atoms with van der Waals surface area (Å²) < 4.78 is 19.5. The predicted molar refractivity (Wildman–Crippen MR) is 98.7 cm³/mol. The Bertz CT molecular complexity index is 897. The fraction of sp³-hybridized carbons (Fsp3) is 0.389. The number of hydrogen-bond donors (Lipinski definition) is 2. The molecule has 4 rings (SSSR count). The molecule has 0 saturated heterocycles. The lowest BCUT2D eigenvalue weighted by molar-refractivity contribution is 0.101. The molecule has 0 unspecified atom stereocenters. The van der Waals surface area contributed by atoms with E-state index in [1.807, 2.05) is 0 Å². The lowest BCUT2D eigenvalue weighted by Gasteiger charge is -2.36. The van der Waals surface area contributed by atoms with Crippen molar-refractivity contribution in [2.45, 2.75) is 31.7 Å². The number of carbonyl (C=O) groups is 1. The first-order chi connectivity index (χ1) is 12.5. The molecule has 1 aliphatic carbocycles. The van der Waals surface area contributed by atoms with Crippen molar-refractivity contribution in [2.24, 2.45) is 16.6 Å². The number of amides is 1. The van der Waals surface area contributed by atoms with Gasteiger partial charge >= 0.3 is 0 Å². The van der Waals surface area contributed by atoms with Crippen LogP contribution in [0.15, 0.2) is 34.0 Å². The molecule has 1 aromatic heterocycles. The van der Waals surface area contributed by atoms with Crippen LogP contribution < -0.4 is 11.1 Å². The third kappa shape index (κ3) is 2.78. The van der Waals surface area contributed by atoms with Crippen molar-refractivity contribution in [1.82, 2.24) is 5.16 Å². The Kier molecular flexibility index (Phi) is 4.22. The monoisotopic (exact) mass is 374 g/mol. The molecule has 2 atom stereocenters. The topological polar surface area (TPSA) is 93.5 Å². The minimum absolute atomic E-state index is 0.212. The molecule has 1 amide bonds. The van der Waals surface area contributed by atoms with Gasteiger partial charge in [-0.1, -0.05) is 23.3 Å². The van der Waals surface area contributed by atoms with E-state index in [0.29, 0.717) is 22.0 Å². The SMILES string of the molecule is Cc1conc1C(=O)Nc1ccc(F)c([C@]23CCC[C@H]2CSC(N)=N3)c1. The number of amidine groups is 1. The average Bonchev–Trinajstić information content (AvgIpc) is 3.22. The minimum Gasteiger partial charge on any atom is -0.379 e. The fourth-order valence-corrected chi connectivity index (χ4v) is 4.93. The first-order valence-electron chi connectivity index (χ1n) is 8.50. The number of nitrogens with zero attached hydrogens (tertiary/aromatic N) is 2. The van der Waals surface area contributed by atoms with E-state index in [9.17, 15) is 9.18 Å². The van der Waals surface area contributed by atoms with Crippen LogP contribution in [0.1, 0.15) is 40.9 Å². The van der Waals surface area contributed by atoms with Crippen LogP contribution in [0.2, 0.25) is 0 Å². The standard InChI is InChI=1S/C18H19FN4O2S/c1-10-8-25-23-15(10)16(24)21-12-4-5-14(19)13(7-12)18-6-2-3-11(18)9-26-17(20)22-18/h4-5,7-8,11H,2-3,6,9H2,1H3,(H2,20,22)(H,21,24)/t11-,18-/m0/s1. The summed E-state index contributed by atoms with van der Waals surface area (Å²) in [6, 6.07) is 4.59. The number of aliphatic imine (C=N–C) groups is 1. The van der Waals surface area contributed by atoms with E-state index in [0.717, 1.165) is 25.0 Å². The van der Waals surface area contributed by atoms with Crippen LogP contribution in [0, 0.1) is 18.7 Å². The third-order valence-corrected chi connectivity index (χ3v) is 6.14. The normalized spacial score (nSPS) is 24.8. The van der Waals surface area contributed by atoms with Gasteiger partial charge in [0.2, 0.25) is 0 Å². The van der Waals surface area contributed by atoms with Crippen LogP contribution in [-0.2, 0) is 5.54 Å². The highest BCUT2D eigenvalue weighted by Crippen LogP contribution is 2.51. The van der Waals surface area contributed by atoms with Gasteiger partial charge in [-0.05, 0) is 43.9 Å². The maximum atomic E-state index is 14.7. The van der Waals surface area contributed by atoms with Crippen molar-refractivity contribution in [2.75, 3.05) is 11.1 Å². The second-order valence-corrected chi connectivity index (χ2v) is 7.81. The van der Waals surface area contributed by atoms with Gasteiger partial charge < -0.3 is 15.6 Å². The molecule has 1 saturated carbocycles. The molecule has 0 spiro atoms. The summed E-state index contributed by atoms with van der Waals surface area (Å²) in [5, 5.41) is 6.96. The van der Waals surface area contributed by atoms with Gasteiger partial charge in [0, 0.05) is 22.6 Å². The average molecular weight is 374 g/mol. The van der Waals surface area contributed by atoms with E-state index in [1.165, 1.54) is 30.2 Å². The smallest absolute Gasteiger partial charge is 0.278 e. The van der Waals surface area contributed by atoms with Crippen molar-refractivity contribution in [3.05, 3.63) is 47.1 Å². The minimum atomic E-state index is -0.635. The highest BCUT2D eigenvalue weighted by molar-refractivity contribution is 8.13. The number of halogens is 1. The van der Waals surface area contributed by atoms with Crippen LogP contribution in [0.3, 0.4) is 0 Å². The number of nitrogens with one attached hydrogen (secondary N) is 1. The quantitative estimate of drug-likeness (QED) is 0.858. The number of aryl methyl sites for hydroxylation is 1. The van der Waals surface area contributed by atoms with Crippen molar-refractivity contribution >= 4 is 28.5 Å². The number of aromatic nitrogens is 1. The molecule has 26 heavy (non-hydrogen) atoms. The van der Waals surface area contributed by atoms with Crippen molar-refractivity contribution < 1.29 is 13.7 Å². The van der Waals surface area contributed by atoms with Crippen LogP contribution in [0.25, 0.3) is 0 Å². The molecule has 8 heteroatoms. The molecule has 6 nitrogen and oxygen atoms in total. The zero-order valence-corrected chi connectivity index (χ0v) is 15.1. The van der Waals surface area contributed by atoms with E-state index in [1.54, 1.807) is 13.0 Å².